The number of thiocarbonyl (C=S) groups is 1. The zero-order valence-corrected chi connectivity index (χ0v) is 17.6. The molecule has 3 rings (SSSR count). The normalized spacial score (nSPS) is 17.0. The minimum absolute atomic E-state index is 0.109. The van der Waals surface area contributed by atoms with E-state index < -0.39 is 17.9 Å². The van der Waals surface area contributed by atoms with Crippen molar-refractivity contribution in [3.05, 3.63) is 52.1 Å². The second-order valence-electron chi connectivity index (χ2n) is 6.72. The van der Waals surface area contributed by atoms with E-state index in [-0.39, 0.29) is 10.2 Å². The van der Waals surface area contributed by atoms with Crippen LogP contribution >= 0.6 is 35.6 Å². The van der Waals surface area contributed by atoms with E-state index in [0.29, 0.717) is 27.9 Å². The Bertz CT molecular complexity index is 967. The number of rotatable bonds is 6. The molecule has 0 bridgehead atoms. The maximum absolute atomic E-state index is 12.8. The molecule has 1 aliphatic rings. The average molecular weight is 436 g/mol. The molecule has 0 spiro atoms. The number of furan rings is 1. The number of hydrogen-bond acceptors (Lipinski definition) is 5. The fourth-order valence-electron chi connectivity index (χ4n) is 2.88. The number of benzene rings is 1. The van der Waals surface area contributed by atoms with Gasteiger partial charge >= 0.3 is 5.97 Å². The van der Waals surface area contributed by atoms with Crippen LogP contribution in [-0.2, 0) is 9.59 Å². The number of carbonyl (C=O) groups is 2. The van der Waals surface area contributed by atoms with Crippen molar-refractivity contribution < 1.29 is 19.1 Å². The van der Waals surface area contributed by atoms with Crippen molar-refractivity contribution in [2.24, 2.45) is 5.92 Å². The number of nitrogens with zero attached hydrogens (tertiary/aromatic N) is 1. The third-order valence-electron chi connectivity index (χ3n) is 4.15. The molecule has 0 unspecified atom stereocenters. The van der Waals surface area contributed by atoms with Crippen LogP contribution in [0.5, 0.6) is 0 Å². The quantitative estimate of drug-likeness (QED) is 0.490. The molecule has 1 saturated heterocycles. The second kappa shape index (κ2) is 8.51. The lowest BCUT2D eigenvalue weighted by molar-refractivity contribution is -0.145. The summed E-state index contributed by atoms with van der Waals surface area (Å²) in [4.78, 5) is 26.0. The van der Waals surface area contributed by atoms with Gasteiger partial charge < -0.3 is 9.52 Å². The van der Waals surface area contributed by atoms with E-state index in [1.54, 1.807) is 24.3 Å². The van der Waals surface area contributed by atoms with Crippen LogP contribution in [0.1, 0.15) is 26.0 Å². The average Bonchev–Trinajstić information content (AvgIpc) is 3.18. The van der Waals surface area contributed by atoms with Crippen molar-refractivity contribution in [1.29, 1.82) is 0 Å². The number of carboxylic acids is 1. The molecule has 0 radical (unpaired) electrons. The summed E-state index contributed by atoms with van der Waals surface area (Å²) in [6.07, 6.45) is 1.90. The topological polar surface area (TPSA) is 70.8 Å². The number of thioether (sulfide) groups is 1. The molecule has 1 N–H and O–H groups in total. The summed E-state index contributed by atoms with van der Waals surface area (Å²) in [7, 11) is 0. The standard InChI is InChI=1S/C20H18ClNO4S2/c1-11(2)9-15(19(24)25)22-18(23)17(28-20(22)27)10-12-7-8-16(26-12)13-5-3-4-6-14(13)21/h3-8,10-11,15H,9H2,1-2H3,(H,24,25)/b17-10+/t15-/m0/s1. The van der Waals surface area contributed by atoms with E-state index in [2.05, 4.69) is 0 Å². The smallest absolute Gasteiger partial charge is 0.326 e. The molecule has 5 nitrogen and oxygen atoms in total. The summed E-state index contributed by atoms with van der Waals surface area (Å²) in [5.41, 5.74) is 0.749. The van der Waals surface area contributed by atoms with E-state index in [1.807, 2.05) is 32.0 Å². The Kier molecular flexibility index (Phi) is 6.27. The molecule has 1 amide bonds. The summed E-state index contributed by atoms with van der Waals surface area (Å²) >= 11 is 12.5. The Morgan fingerprint density at radius 1 is 1.32 bits per heavy atom. The van der Waals surface area contributed by atoms with Crippen LogP contribution in [0, 0.1) is 5.92 Å². The largest absolute Gasteiger partial charge is 0.480 e. The first-order valence-electron chi connectivity index (χ1n) is 8.62. The molecule has 0 aliphatic carbocycles. The van der Waals surface area contributed by atoms with Gasteiger partial charge in [0.15, 0.2) is 0 Å². The van der Waals surface area contributed by atoms with Gasteiger partial charge in [-0.05, 0) is 36.6 Å². The van der Waals surface area contributed by atoms with Crippen LogP contribution in [0.3, 0.4) is 0 Å². The SMILES string of the molecule is CC(C)C[C@@H](C(=O)O)N1C(=O)/C(=C\c2ccc(-c3ccccc3Cl)o2)SC1=S. The molecule has 2 heterocycles. The number of amides is 1. The highest BCUT2D eigenvalue weighted by Gasteiger charge is 2.40. The van der Waals surface area contributed by atoms with Gasteiger partial charge in [-0.3, -0.25) is 9.69 Å². The van der Waals surface area contributed by atoms with E-state index in [1.165, 1.54) is 4.90 Å². The van der Waals surface area contributed by atoms with E-state index in [4.69, 9.17) is 28.2 Å². The first-order valence-corrected chi connectivity index (χ1v) is 10.2. The molecule has 8 heteroatoms. The lowest BCUT2D eigenvalue weighted by atomic mass is 10.0. The molecular formula is C20H18ClNO4S2. The Morgan fingerprint density at radius 3 is 2.68 bits per heavy atom. The van der Waals surface area contributed by atoms with Gasteiger partial charge in [0.25, 0.3) is 5.91 Å². The molecule has 1 aromatic carbocycles. The molecule has 28 heavy (non-hydrogen) atoms. The Labute approximate surface area is 177 Å². The van der Waals surface area contributed by atoms with Crippen LogP contribution < -0.4 is 0 Å². The van der Waals surface area contributed by atoms with Crippen molar-refractivity contribution in [2.45, 2.75) is 26.3 Å². The van der Waals surface area contributed by atoms with Crippen LogP contribution in [0.25, 0.3) is 17.4 Å². The molecule has 1 aliphatic heterocycles. The number of hydrogen-bond donors (Lipinski definition) is 1. The highest BCUT2D eigenvalue weighted by atomic mass is 35.5. The van der Waals surface area contributed by atoms with Gasteiger partial charge in [-0.2, -0.15) is 0 Å². The number of aliphatic carboxylic acids is 1. The highest BCUT2D eigenvalue weighted by Crippen LogP contribution is 2.36. The van der Waals surface area contributed by atoms with Gasteiger partial charge in [-0.25, -0.2) is 4.79 Å². The maximum Gasteiger partial charge on any atom is 0.326 e. The molecule has 0 saturated carbocycles. The molecule has 1 fully saturated rings. The van der Waals surface area contributed by atoms with Gasteiger partial charge in [0.05, 0.1) is 9.93 Å². The third kappa shape index (κ3) is 4.32. The molecule has 146 valence electrons. The van der Waals surface area contributed by atoms with Crippen LogP contribution in [0.2, 0.25) is 5.02 Å². The van der Waals surface area contributed by atoms with E-state index in [9.17, 15) is 14.7 Å². The van der Waals surface area contributed by atoms with Crippen molar-refractivity contribution in [3.8, 4) is 11.3 Å². The van der Waals surface area contributed by atoms with Crippen LogP contribution in [-0.4, -0.2) is 32.2 Å². The van der Waals surface area contributed by atoms with Gasteiger partial charge in [0.1, 0.15) is 21.9 Å². The van der Waals surface area contributed by atoms with Crippen molar-refractivity contribution in [2.75, 3.05) is 0 Å². The second-order valence-corrected chi connectivity index (χ2v) is 8.80. The molecular weight excluding hydrogens is 418 g/mol. The summed E-state index contributed by atoms with van der Waals surface area (Å²) < 4.78 is 6.04. The van der Waals surface area contributed by atoms with Gasteiger partial charge in [-0.15, -0.1) is 0 Å². The lowest BCUT2D eigenvalue weighted by Crippen LogP contribution is -2.44. The highest BCUT2D eigenvalue weighted by molar-refractivity contribution is 8.26. The fraction of sp³-hybridized carbons (Fsp3) is 0.250. The molecule has 1 atom stereocenters. The monoisotopic (exact) mass is 435 g/mol. The Balaban J connectivity index is 1.86. The zero-order valence-electron chi connectivity index (χ0n) is 15.2. The molecule has 2 aromatic rings. The predicted octanol–water partition coefficient (Wildman–Crippen LogP) is 5.30. The Morgan fingerprint density at radius 2 is 2.04 bits per heavy atom. The summed E-state index contributed by atoms with van der Waals surface area (Å²) in [5, 5.41) is 10.1. The van der Waals surface area contributed by atoms with Crippen molar-refractivity contribution in [1.82, 2.24) is 4.90 Å². The first-order chi connectivity index (χ1) is 13.3. The van der Waals surface area contributed by atoms with Crippen molar-refractivity contribution in [3.63, 3.8) is 0 Å². The lowest BCUT2D eigenvalue weighted by Gasteiger charge is -2.24. The van der Waals surface area contributed by atoms with E-state index in [0.717, 1.165) is 17.3 Å². The zero-order chi connectivity index (χ0) is 20.4. The predicted molar refractivity (Wildman–Crippen MR) is 115 cm³/mol. The number of carboxylic acid groups (broad SMARTS) is 1. The maximum atomic E-state index is 12.8. The summed E-state index contributed by atoms with van der Waals surface area (Å²) in [6.45, 7) is 3.81. The fourth-order valence-corrected chi connectivity index (χ4v) is 4.44. The summed E-state index contributed by atoms with van der Waals surface area (Å²) in [5.74, 6) is -0.330. The van der Waals surface area contributed by atoms with Crippen LogP contribution in [0.4, 0.5) is 0 Å². The van der Waals surface area contributed by atoms with Gasteiger partial charge in [0.2, 0.25) is 0 Å². The van der Waals surface area contributed by atoms with E-state index >= 15 is 0 Å². The number of halogens is 1. The van der Waals surface area contributed by atoms with Gasteiger partial charge in [-0.1, -0.05) is 61.6 Å². The van der Waals surface area contributed by atoms with Gasteiger partial charge in [0, 0.05) is 11.6 Å². The third-order valence-corrected chi connectivity index (χ3v) is 5.81. The minimum Gasteiger partial charge on any atom is -0.480 e. The minimum atomic E-state index is -1.06. The van der Waals surface area contributed by atoms with Crippen molar-refractivity contribution >= 4 is 57.9 Å². The molecule has 1 aromatic heterocycles. The number of carbonyl (C=O) groups excluding carboxylic acids is 1. The van der Waals surface area contributed by atoms with Crippen LogP contribution in [0.15, 0.2) is 45.7 Å². The first kappa shape index (κ1) is 20.6. The summed E-state index contributed by atoms with van der Waals surface area (Å²) in [6, 6.07) is 9.82. The Hall–Kier alpha value is -2.09.